The zero-order valence-corrected chi connectivity index (χ0v) is 14.6. The number of aryl methyl sites for hydroxylation is 1. The number of aromatic carboxylic acids is 1. The lowest BCUT2D eigenvalue weighted by molar-refractivity contribution is 0.0703. The Morgan fingerprint density at radius 3 is 2.44 bits per heavy atom. The van der Waals surface area contributed by atoms with Gasteiger partial charge in [0.05, 0.1) is 16.3 Å². The number of anilines is 1. The van der Waals surface area contributed by atoms with Gasteiger partial charge in [-0.3, -0.25) is 9.78 Å². The molecule has 3 aromatic rings. The molecule has 25 heavy (non-hydrogen) atoms. The molecule has 0 aliphatic carbocycles. The molecule has 5 nitrogen and oxygen atoms in total. The van der Waals surface area contributed by atoms with Crippen LogP contribution in [-0.2, 0) is 0 Å². The summed E-state index contributed by atoms with van der Waals surface area (Å²) in [6.45, 7) is 1.94. The molecule has 0 saturated heterocycles. The van der Waals surface area contributed by atoms with Crippen LogP contribution in [0.15, 0.2) is 54.7 Å². The van der Waals surface area contributed by atoms with Crippen LogP contribution in [0.3, 0.4) is 0 Å². The first kappa shape index (κ1) is 16.9. The highest BCUT2D eigenvalue weighted by Crippen LogP contribution is 2.36. The SMILES string of the molecule is Cc1ccc(C(=O)N(C)c2cc(-c3ccccn3)sc2C(=O)O)cc1. The number of rotatable bonds is 4. The number of carbonyl (C=O) groups excluding carboxylic acids is 1. The Hall–Kier alpha value is -2.99. The Labute approximate surface area is 149 Å². The molecule has 2 heterocycles. The summed E-state index contributed by atoms with van der Waals surface area (Å²) in [7, 11) is 1.58. The molecule has 0 aliphatic heterocycles. The second kappa shape index (κ2) is 6.86. The van der Waals surface area contributed by atoms with E-state index in [-0.39, 0.29) is 10.8 Å². The first-order valence-corrected chi connectivity index (χ1v) is 8.42. The van der Waals surface area contributed by atoms with Gasteiger partial charge in [0.15, 0.2) is 0 Å². The molecule has 3 rings (SSSR count). The molecule has 0 bridgehead atoms. The van der Waals surface area contributed by atoms with Crippen molar-refractivity contribution in [1.82, 2.24) is 4.98 Å². The predicted molar refractivity (Wildman–Crippen MR) is 98.4 cm³/mol. The van der Waals surface area contributed by atoms with Crippen molar-refractivity contribution in [3.8, 4) is 10.6 Å². The van der Waals surface area contributed by atoms with Crippen LogP contribution in [0.5, 0.6) is 0 Å². The van der Waals surface area contributed by atoms with E-state index in [4.69, 9.17) is 0 Å². The van der Waals surface area contributed by atoms with Crippen molar-refractivity contribution in [3.05, 3.63) is 70.7 Å². The molecule has 1 aromatic carbocycles. The molecule has 0 fully saturated rings. The smallest absolute Gasteiger partial charge is 0.348 e. The molecule has 0 atom stereocenters. The van der Waals surface area contributed by atoms with Crippen molar-refractivity contribution in [1.29, 1.82) is 0 Å². The maximum Gasteiger partial charge on any atom is 0.348 e. The fraction of sp³-hybridized carbons (Fsp3) is 0.105. The van der Waals surface area contributed by atoms with E-state index in [0.29, 0.717) is 21.8 Å². The standard InChI is InChI=1S/C19H16N2O3S/c1-12-6-8-13(9-7-12)18(22)21(2)15-11-16(25-17(15)19(23)24)14-5-3-4-10-20-14/h3-11H,1-2H3,(H,23,24). The molecule has 0 unspecified atom stereocenters. The van der Waals surface area contributed by atoms with E-state index < -0.39 is 5.97 Å². The minimum Gasteiger partial charge on any atom is -0.477 e. The maximum absolute atomic E-state index is 12.7. The summed E-state index contributed by atoms with van der Waals surface area (Å²) in [6, 6.07) is 14.3. The highest BCUT2D eigenvalue weighted by Gasteiger charge is 2.23. The van der Waals surface area contributed by atoms with E-state index in [1.54, 1.807) is 37.5 Å². The predicted octanol–water partition coefficient (Wildman–Crippen LogP) is 4.09. The number of carboxylic acids is 1. The molecule has 126 valence electrons. The summed E-state index contributed by atoms with van der Waals surface area (Å²) in [5.74, 6) is -1.32. The minimum absolute atomic E-state index is 0.114. The number of pyridine rings is 1. The van der Waals surface area contributed by atoms with Gasteiger partial charge >= 0.3 is 5.97 Å². The highest BCUT2D eigenvalue weighted by atomic mass is 32.1. The number of carbonyl (C=O) groups is 2. The summed E-state index contributed by atoms with van der Waals surface area (Å²) >= 11 is 1.11. The van der Waals surface area contributed by atoms with Crippen molar-refractivity contribution >= 4 is 28.9 Å². The van der Waals surface area contributed by atoms with Gasteiger partial charge in [0.2, 0.25) is 0 Å². The van der Waals surface area contributed by atoms with Gasteiger partial charge in [0.1, 0.15) is 4.88 Å². The Balaban J connectivity index is 2.00. The second-order valence-corrected chi connectivity index (χ2v) is 6.63. The molecule has 1 N–H and O–H groups in total. The van der Waals surface area contributed by atoms with Crippen LogP contribution in [0.1, 0.15) is 25.6 Å². The number of amides is 1. The molecule has 1 amide bonds. The van der Waals surface area contributed by atoms with Gasteiger partial charge in [0, 0.05) is 18.8 Å². The van der Waals surface area contributed by atoms with E-state index in [2.05, 4.69) is 4.98 Å². The van der Waals surface area contributed by atoms with Crippen LogP contribution in [-0.4, -0.2) is 29.0 Å². The van der Waals surface area contributed by atoms with Crippen LogP contribution in [0.4, 0.5) is 5.69 Å². The number of hydrogen-bond donors (Lipinski definition) is 1. The lowest BCUT2D eigenvalue weighted by atomic mass is 10.1. The Kier molecular flexibility index (Phi) is 4.63. The van der Waals surface area contributed by atoms with Gasteiger partial charge in [-0.25, -0.2) is 4.79 Å². The number of carboxylic acid groups (broad SMARTS) is 1. The van der Waals surface area contributed by atoms with E-state index in [1.807, 2.05) is 31.2 Å². The zero-order valence-electron chi connectivity index (χ0n) is 13.8. The third-order valence-electron chi connectivity index (χ3n) is 3.79. The number of hydrogen-bond acceptors (Lipinski definition) is 4. The van der Waals surface area contributed by atoms with Gasteiger partial charge in [-0.1, -0.05) is 23.8 Å². The van der Waals surface area contributed by atoms with Gasteiger partial charge < -0.3 is 10.0 Å². The van der Waals surface area contributed by atoms with Crippen molar-refractivity contribution in [2.24, 2.45) is 0 Å². The van der Waals surface area contributed by atoms with Crippen molar-refractivity contribution in [2.75, 3.05) is 11.9 Å². The Morgan fingerprint density at radius 1 is 1.12 bits per heavy atom. The fourth-order valence-corrected chi connectivity index (χ4v) is 3.42. The third kappa shape index (κ3) is 3.44. The van der Waals surface area contributed by atoms with Crippen LogP contribution >= 0.6 is 11.3 Å². The fourth-order valence-electron chi connectivity index (χ4n) is 2.42. The zero-order chi connectivity index (χ0) is 18.0. The van der Waals surface area contributed by atoms with Gasteiger partial charge in [-0.05, 0) is 37.3 Å². The quantitative estimate of drug-likeness (QED) is 0.768. The molecule has 0 saturated carbocycles. The number of thiophene rings is 1. The molecule has 0 radical (unpaired) electrons. The van der Waals surface area contributed by atoms with Gasteiger partial charge in [-0.15, -0.1) is 11.3 Å². The molecule has 2 aromatic heterocycles. The summed E-state index contributed by atoms with van der Waals surface area (Å²) in [4.78, 5) is 30.8. The summed E-state index contributed by atoms with van der Waals surface area (Å²) in [5, 5.41) is 9.52. The normalized spacial score (nSPS) is 10.5. The van der Waals surface area contributed by atoms with Crippen molar-refractivity contribution in [2.45, 2.75) is 6.92 Å². The van der Waals surface area contributed by atoms with E-state index in [0.717, 1.165) is 16.9 Å². The third-order valence-corrected chi connectivity index (χ3v) is 4.92. The average molecular weight is 352 g/mol. The number of aromatic nitrogens is 1. The first-order chi connectivity index (χ1) is 12.0. The topological polar surface area (TPSA) is 70.5 Å². The number of nitrogens with zero attached hydrogens (tertiary/aromatic N) is 2. The summed E-state index contributed by atoms with van der Waals surface area (Å²) in [6.07, 6.45) is 1.65. The van der Waals surface area contributed by atoms with Crippen LogP contribution in [0.25, 0.3) is 10.6 Å². The van der Waals surface area contributed by atoms with Crippen molar-refractivity contribution < 1.29 is 14.7 Å². The molecule has 0 spiro atoms. The van der Waals surface area contributed by atoms with Gasteiger partial charge in [-0.2, -0.15) is 0 Å². The molecule has 0 aliphatic rings. The van der Waals surface area contributed by atoms with Crippen molar-refractivity contribution in [3.63, 3.8) is 0 Å². The maximum atomic E-state index is 12.7. The van der Waals surface area contributed by atoms with Crippen LogP contribution in [0.2, 0.25) is 0 Å². The molecular formula is C19H16N2O3S. The Morgan fingerprint density at radius 2 is 1.84 bits per heavy atom. The average Bonchev–Trinajstić information content (AvgIpc) is 3.07. The van der Waals surface area contributed by atoms with Crippen LogP contribution < -0.4 is 4.90 Å². The van der Waals surface area contributed by atoms with E-state index in [9.17, 15) is 14.7 Å². The Bertz CT molecular complexity index is 918. The lowest BCUT2D eigenvalue weighted by Gasteiger charge is -2.17. The summed E-state index contributed by atoms with van der Waals surface area (Å²) < 4.78 is 0. The highest BCUT2D eigenvalue weighted by molar-refractivity contribution is 7.18. The van der Waals surface area contributed by atoms with Gasteiger partial charge in [0.25, 0.3) is 5.91 Å². The number of benzene rings is 1. The van der Waals surface area contributed by atoms with Crippen LogP contribution in [0, 0.1) is 6.92 Å². The summed E-state index contributed by atoms with van der Waals surface area (Å²) in [5.41, 5.74) is 2.61. The van der Waals surface area contributed by atoms with E-state index >= 15 is 0 Å². The monoisotopic (exact) mass is 352 g/mol. The second-order valence-electron chi connectivity index (χ2n) is 5.58. The largest absolute Gasteiger partial charge is 0.477 e. The molecular weight excluding hydrogens is 336 g/mol. The lowest BCUT2D eigenvalue weighted by Crippen LogP contribution is -2.27. The molecule has 6 heteroatoms. The first-order valence-electron chi connectivity index (χ1n) is 7.60. The minimum atomic E-state index is -1.06. The van der Waals surface area contributed by atoms with E-state index in [1.165, 1.54) is 4.90 Å².